The number of likely N-dealkylation sites (tertiary alicyclic amines) is 1. The summed E-state index contributed by atoms with van der Waals surface area (Å²) in [5.41, 5.74) is 3.23. The van der Waals surface area contributed by atoms with Gasteiger partial charge >= 0.3 is 5.97 Å². The third kappa shape index (κ3) is 4.00. The van der Waals surface area contributed by atoms with Crippen LogP contribution in [0.25, 0.3) is 0 Å². The summed E-state index contributed by atoms with van der Waals surface area (Å²) in [5, 5.41) is 0. The predicted octanol–water partition coefficient (Wildman–Crippen LogP) is 3.46. The lowest BCUT2D eigenvalue weighted by Gasteiger charge is -2.25. The van der Waals surface area contributed by atoms with Gasteiger partial charge in [-0.05, 0) is 44.9 Å². The zero-order valence-corrected chi connectivity index (χ0v) is 17.6. The summed E-state index contributed by atoms with van der Waals surface area (Å²) in [6, 6.07) is 5.88. The standard InChI is InChI=1S/C22H28N2O5/c1-13-20(22(26)29-5)14(2)23-21(13)18(25)12-24-10-6-7-17(24)16-9-8-15(27-3)11-19(16)28-4/h8-9,11,17,23H,6-7,10,12H2,1-5H3. The molecule has 0 spiro atoms. The lowest BCUT2D eigenvalue weighted by atomic mass is 10.0. The Balaban J connectivity index is 1.83. The van der Waals surface area contributed by atoms with Crippen molar-refractivity contribution in [2.24, 2.45) is 0 Å². The molecule has 1 atom stereocenters. The molecule has 1 fully saturated rings. The fourth-order valence-corrected chi connectivity index (χ4v) is 4.16. The Bertz CT molecular complexity index is 918. The lowest BCUT2D eigenvalue weighted by Crippen LogP contribution is -2.30. The normalized spacial score (nSPS) is 16.7. The van der Waals surface area contributed by atoms with E-state index in [0.29, 0.717) is 22.5 Å². The number of hydrogen-bond donors (Lipinski definition) is 1. The van der Waals surface area contributed by atoms with E-state index in [4.69, 9.17) is 14.2 Å². The maximum absolute atomic E-state index is 13.1. The van der Waals surface area contributed by atoms with Gasteiger partial charge in [0.2, 0.25) is 0 Å². The minimum absolute atomic E-state index is 0.0415. The second-order valence-electron chi connectivity index (χ2n) is 7.28. The zero-order valence-electron chi connectivity index (χ0n) is 17.6. The first-order valence-electron chi connectivity index (χ1n) is 9.67. The van der Waals surface area contributed by atoms with E-state index in [-0.39, 0.29) is 18.4 Å². The number of ketones is 1. The number of carbonyl (C=O) groups is 2. The van der Waals surface area contributed by atoms with Crippen LogP contribution in [0.1, 0.15) is 56.6 Å². The number of aromatic amines is 1. The summed E-state index contributed by atoms with van der Waals surface area (Å²) < 4.78 is 15.7. The molecule has 7 heteroatoms. The highest BCUT2D eigenvalue weighted by atomic mass is 16.5. The van der Waals surface area contributed by atoms with Crippen LogP contribution in [0.5, 0.6) is 11.5 Å². The van der Waals surface area contributed by atoms with Gasteiger partial charge in [0.1, 0.15) is 11.5 Å². The van der Waals surface area contributed by atoms with Gasteiger partial charge in [0.15, 0.2) is 5.78 Å². The maximum atomic E-state index is 13.1. The second kappa shape index (κ2) is 8.69. The van der Waals surface area contributed by atoms with Gasteiger partial charge in [-0.1, -0.05) is 6.07 Å². The number of H-pyrrole nitrogens is 1. The number of carbonyl (C=O) groups excluding carboxylic acids is 2. The van der Waals surface area contributed by atoms with E-state index in [1.54, 1.807) is 28.1 Å². The molecular weight excluding hydrogens is 372 g/mol. The van der Waals surface area contributed by atoms with Crippen LogP contribution in [0.4, 0.5) is 0 Å². The fraction of sp³-hybridized carbons (Fsp3) is 0.455. The number of benzene rings is 1. The number of hydrogen-bond acceptors (Lipinski definition) is 6. The molecule has 0 bridgehead atoms. The van der Waals surface area contributed by atoms with E-state index in [1.165, 1.54) is 7.11 Å². The summed E-state index contributed by atoms with van der Waals surface area (Å²) in [7, 11) is 4.60. The zero-order chi connectivity index (χ0) is 21.1. The number of ether oxygens (including phenoxy) is 3. The van der Waals surface area contributed by atoms with Crippen molar-refractivity contribution >= 4 is 11.8 Å². The van der Waals surface area contributed by atoms with Gasteiger partial charge in [-0.3, -0.25) is 9.69 Å². The Labute approximate surface area is 170 Å². The fourth-order valence-electron chi connectivity index (χ4n) is 4.16. The number of nitrogens with zero attached hydrogens (tertiary/aromatic N) is 1. The van der Waals surface area contributed by atoms with Crippen LogP contribution >= 0.6 is 0 Å². The van der Waals surface area contributed by atoms with Crippen LogP contribution in [0.3, 0.4) is 0 Å². The first kappa shape index (κ1) is 20.9. The van der Waals surface area contributed by atoms with E-state index >= 15 is 0 Å². The number of esters is 1. The Hall–Kier alpha value is -2.80. The molecule has 1 aromatic heterocycles. The van der Waals surface area contributed by atoms with Crippen LogP contribution in [-0.4, -0.2) is 56.1 Å². The highest BCUT2D eigenvalue weighted by Crippen LogP contribution is 2.38. The largest absolute Gasteiger partial charge is 0.497 e. The number of Topliss-reactive ketones (excluding diaryl/α,β-unsaturated/α-hetero) is 1. The first-order chi connectivity index (χ1) is 13.9. The monoisotopic (exact) mass is 400 g/mol. The molecule has 2 aromatic rings. The Morgan fingerprint density at radius 2 is 1.93 bits per heavy atom. The van der Waals surface area contributed by atoms with Gasteiger partial charge in [0, 0.05) is 23.4 Å². The van der Waals surface area contributed by atoms with Crippen molar-refractivity contribution in [3.8, 4) is 11.5 Å². The highest BCUT2D eigenvalue weighted by molar-refractivity contribution is 6.02. The molecule has 2 heterocycles. The molecule has 1 N–H and O–H groups in total. The summed E-state index contributed by atoms with van der Waals surface area (Å²) >= 11 is 0. The van der Waals surface area contributed by atoms with E-state index in [0.717, 1.165) is 36.4 Å². The molecule has 1 aliphatic rings. The first-order valence-corrected chi connectivity index (χ1v) is 9.67. The van der Waals surface area contributed by atoms with Crippen molar-refractivity contribution in [1.82, 2.24) is 9.88 Å². The van der Waals surface area contributed by atoms with Crippen molar-refractivity contribution in [1.29, 1.82) is 0 Å². The molecule has 1 saturated heterocycles. The summed E-state index contributed by atoms with van der Waals surface area (Å²) in [4.78, 5) is 30.3. The van der Waals surface area contributed by atoms with Gasteiger partial charge in [-0.25, -0.2) is 4.79 Å². The summed E-state index contributed by atoms with van der Waals surface area (Å²) in [5.74, 6) is 1.02. The van der Waals surface area contributed by atoms with Crippen molar-refractivity contribution < 1.29 is 23.8 Å². The second-order valence-corrected chi connectivity index (χ2v) is 7.28. The van der Waals surface area contributed by atoms with Crippen LogP contribution in [-0.2, 0) is 4.74 Å². The van der Waals surface area contributed by atoms with Crippen LogP contribution in [0.2, 0.25) is 0 Å². The number of nitrogens with one attached hydrogen (secondary N) is 1. The number of aryl methyl sites for hydroxylation is 1. The van der Waals surface area contributed by atoms with Gasteiger partial charge in [-0.15, -0.1) is 0 Å². The van der Waals surface area contributed by atoms with Crippen LogP contribution in [0.15, 0.2) is 18.2 Å². The molecule has 29 heavy (non-hydrogen) atoms. The van der Waals surface area contributed by atoms with Gasteiger partial charge in [0.05, 0.1) is 39.1 Å². The lowest BCUT2D eigenvalue weighted by molar-refractivity contribution is 0.0599. The van der Waals surface area contributed by atoms with Crippen molar-refractivity contribution in [2.75, 3.05) is 34.4 Å². The van der Waals surface area contributed by atoms with E-state index in [1.807, 2.05) is 18.2 Å². The highest BCUT2D eigenvalue weighted by Gasteiger charge is 2.31. The van der Waals surface area contributed by atoms with E-state index < -0.39 is 5.97 Å². The molecular formula is C22H28N2O5. The van der Waals surface area contributed by atoms with Crippen LogP contribution < -0.4 is 9.47 Å². The van der Waals surface area contributed by atoms with Crippen molar-refractivity contribution in [2.45, 2.75) is 32.7 Å². The number of aromatic nitrogens is 1. The molecule has 0 saturated carbocycles. The Kier molecular flexibility index (Phi) is 6.27. The molecule has 3 rings (SSSR count). The molecule has 1 aliphatic heterocycles. The number of methoxy groups -OCH3 is 3. The minimum atomic E-state index is -0.433. The molecule has 0 amide bonds. The molecule has 1 unspecified atom stereocenters. The quantitative estimate of drug-likeness (QED) is 0.566. The number of rotatable bonds is 7. The third-order valence-corrected chi connectivity index (χ3v) is 5.62. The van der Waals surface area contributed by atoms with Crippen molar-refractivity contribution in [3.05, 3.63) is 46.3 Å². The molecule has 7 nitrogen and oxygen atoms in total. The average molecular weight is 400 g/mol. The summed E-state index contributed by atoms with van der Waals surface area (Å²) in [6.45, 7) is 4.64. The molecule has 156 valence electrons. The van der Waals surface area contributed by atoms with E-state index in [9.17, 15) is 9.59 Å². The average Bonchev–Trinajstić information content (AvgIpc) is 3.30. The predicted molar refractivity (Wildman–Crippen MR) is 109 cm³/mol. The minimum Gasteiger partial charge on any atom is -0.497 e. The van der Waals surface area contributed by atoms with Gasteiger partial charge in [0.25, 0.3) is 0 Å². The third-order valence-electron chi connectivity index (χ3n) is 5.62. The van der Waals surface area contributed by atoms with Gasteiger partial charge in [-0.2, -0.15) is 0 Å². The molecule has 1 aromatic carbocycles. The van der Waals surface area contributed by atoms with Gasteiger partial charge < -0.3 is 19.2 Å². The smallest absolute Gasteiger partial charge is 0.339 e. The Morgan fingerprint density at radius 1 is 1.17 bits per heavy atom. The molecule has 0 radical (unpaired) electrons. The van der Waals surface area contributed by atoms with Crippen LogP contribution in [0, 0.1) is 13.8 Å². The Morgan fingerprint density at radius 3 is 2.59 bits per heavy atom. The SMILES string of the molecule is COC(=O)c1c(C)[nH]c(C(=O)CN2CCCC2c2ccc(OC)cc2OC)c1C. The van der Waals surface area contributed by atoms with Crippen molar-refractivity contribution in [3.63, 3.8) is 0 Å². The summed E-state index contributed by atoms with van der Waals surface area (Å²) in [6.07, 6.45) is 1.95. The van der Waals surface area contributed by atoms with E-state index in [2.05, 4.69) is 9.88 Å². The topological polar surface area (TPSA) is 80.9 Å². The molecule has 0 aliphatic carbocycles. The maximum Gasteiger partial charge on any atom is 0.339 e.